The van der Waals surface area contributed by atoms with Gasteiger partial charge in [-0.15, -0.1) is 0 Å². The summed E-state index contributed by atoms with van der Waals surface area (Å²) in [5.41, 5.74) is 1.81. The molecule has 1 aromatic heterocycles. The third-order valence-electron chi connectivity index (χ3n) is 5.07. The summed E-state index contributed by atoms with van der Waals surface area (Å²) in [6.45, 7) is 6.15. The van der Waals surface area contributed by atoms with Crippen LogP contribution in [0.15, 0.2) is 6.07 Å². The van der Waals surface area contributed by atoms with Gasteiger partial charge < -0.3 is 9.64 Å². The summed E-state index contributed by atoms with van der Waals surface area (Å²) in [6, 6.07) is 2.52. The number of aryl methyl sites for hydroxylation is 2. The Hall–Kier alpha value is -1.53. The van der Waals surface area contributed by atoms with Gasteiger partial charge in [-0.3, -0.25) is 9.69 Å². The molecule has 0 radical (unpaired) electrons. The van der Waals surface area contributed by atoms with Crippen molar-refractivity contribution >= 4 is 5.91 Å². The van der Waals surface area contributed by atoms with Crippen molar-refractivity contribution in [1.29, 1.82) is 0 Å². The quantitative estimate of drug-likeness (QED) is 0.842. The largest absolute Gasteiger partial charge is 0.368 e. The molecule has 0 bridgehead atoms. The highest BCUT2D eigenvalue weighted by Crippen LogP contribution is 2.24. The predicted molar refractivity (Wildman–Crippen MR) is 91.7 cm³/mol. The Morgan fingerprint density at radius 2 is 2.08 bits per heavy atom. The molecule has 1 aromatic rings. The number of hydrogen-bond donors (Lipinski definition) is 0. The summed E-state index contributed by atoms with van der Waals surface area (Å²) in [5.74, 6) is 0.943. The molecule has 0 N–H and O–H groups in total. The van der Waals surface area contributed by atoms with Gasteiger partial charge in [-0.25, -0.2) is 9.97 Å². The number of aromatic nitrogens is 2. The lowest BCUT2D eigenvalue weighted by Gasteiger charge is -2.34. The van der Waals surface area contributed by atoms with E-state index in [1.165, 1.54) is 25.7 Å². The number of morpholine rings is 1. The van der Waals surface area contributed by atoms with Gasteiger partial charge >= 0.3 is 0 Å². The highest BCUT2D eigenvalue weighted by molar-refractivity contribution is 5.78. The highest BCUT2D eigenvalue weighted by Gasteiger charge is 2.29. The van der Waals surface area contributed by atoms with Gasteiger partial charge in [-0.1, -0.05) is 12.8 Å². The first-order valence-electron chi connectivity index (χ1n) is 8.94. The number of rotatable bonds is 4. The zero-order valence-electron chi connectivity index (χ0n) is 15.0. The Morgan fingerprint density at radius 3 is 2.79 bits per heavy atom. The van der Waals surface area contributed by atoms with Crippen molar-refractivity contribution in [3.63, 3.8) is 0 Å². The van der Waals surface area contributed by atoms with Crippen LogP contribution in [0, 0.1) is 13.8 Å². The smallest absolute Gasteiger partial charge is 0.236 e. The van der Waals surface area contributed by atoms with Crippen molar-refractivity contribution in [1.82, 2.24) is 19.8 Å². The van der Waals surface area contributed by atoms with E-state index in [9.17, 15) is 4.79 Å². The lowest BCUT2D eigenvalue weighted by atomic mass is 10.1. The Morgan fingerprint density at radius 1 is 1.33 bits per heavy atom. The SMILES string of the molecule is Cc1cc([C@H]2CN(C(=O)CN(C)C3CCCC3)CCO2)nc(C)n1. The molecule has 1 amide bonds. The lowest BCUT2D eigenvalue weighted by Crippen LogP contribution is -2.47. The molecule has 6 nitrogen and oxygen atoms in total. The second-order valence-corrected chi connectivity index (χ2v) is 7.03. The first kappa shape index (κ1) is 17.3. The monoisotopic (exact) mass is 332 g/mol. The minimum atomic E-state index is -0.153. The maximum absolute atomic E-state index is 12.7. The fourth-order valence-electron chi connectivity index (χ4n) is 3.75. The molecule has 1 saturated carbocycles. The van der Waals surface area contributed by atoms with Gasteiger partial charge in [0, 0.05) is 18.3 Å². The van der Waals surface area contributed by atoms with Crippen LogP contribution >= 0.6 is 0 Å². The number of carbonyl (C=O) groups is 1. The summed E-state index contributed by atoms with van der Waals surface area (Å²) in [6.07, 6.45) is 4.86. The van der Waals surface area contributed by atoms with Crippen LogP contribution in [-0.2, 0) is 9.53 Å². The maximum atomic E-state index is 12.7. The topological polar surface area (TPSA) is 58.6 Å². The molecule has 0 unspecified atom stereocenters. The first-order valence-corrected chi connectivity index (χ1v) is 8.94. The Kier molecular flexibility index (Phi) is 5.46. The van der Waals surface area contributed by atoms with Gasteiger partial charge in [-0.2, -0.15) is 0 Å². The molecular formula is C18H28N4O2. The van der Waals surface area contributed by atoms with E-state index >= 15 is 0 Å². The molecule has 3 rings (SSSR count). The van der Waals surface area contributed by atoms with E-state index < -0.39 is 0 Å². The van der Waals surface area contributed by atoms with Crippen molar-refractivity contribution in [2.24, 2.45) is 0 Å². The van der Waals surface area contributed by atoms with Crippen LogP contribution in [0.4, 0.5) is 0 Å². The Balaban J connectivity index is 1.61. The lowest BCUT2D eigenvalue weighted by molar-refractivity contribution is -0.140. The molecule has 2 heterocycles. The van der Waals surface area contributed by atoms with E-state index in [1.54, 1.807) is 0 Å². The van der Waals surface area contributed by atoms with E-state index in [-0.39, 0.29) is 12.0 Å². The minimum absolute atomic E-state index is 0.153. The van der Waals surface area contributed by atoms with Gasteiger partial charge in [-0.05, 0) is 39.8 Å². The summed E-state index contributed by atoms with van der Waals surface area (Å²) in [7, 11) is 2.07. The van der Waals surface area contributed by atoms with Crippen LogP contribution in [0.25, 0.3) is 0 Å². The van der Waals surface area contributed by atoms with Gasteiger partial charge in [0.05, 0.1) is 25.4 Å². The Bertz CT molecular complexity index is 566. The highest BCUT2D eigenvalue weighted by atomic mass is 16.5. The fourth-order valence-corrected chi connectivity index (χ4v) is 3.75. The van der Waals surface area contributed by atoms with Gasteiger partial charge in [0.2, 0.25) is 5.91 Å². The second kappa shape index (κ2) is 7.57. The van der Waals surface area contributed by atoms with Crippen LogP contribution in [0.5, 0.6) is 0 Å². The van der Waals surface area contributed by atoms with Crippen molar-refractivity contribution in [2.45, 2.75) is 51.7 Å². The zero-order chi connectivity index (χ0) is 17.1. The molecule has 6 heteroatoms. The average Bonchev–Trinajstić information content (AvgIpc) is 3.08. The summed E-state index contributed by atoms with van der Waals surface area (Å²) in [4.78, 5) is 25.6. The van der Waals surface area contributed by atoms with E-state index in [0.29, 0.717) is 32.3 Å². The van der Waals surface area contributed by atoms with E-state index in [2.05, 4.69) is 21.9 Å². The van der Waals surface area contributed by atoms with Crippen LogP contribution < -0.4 is 0 Å². The maximum Gasteiger partial charge on any atom is 0.236 e. The molecule has 0 spiro atoms. The fraction of sp³-hybridized carbons (Fsp3) is 0.722. The van der Waals surface area contributed by atoms with Gasteiger partial charge in [0.15, 0.2) is 0 Å². The minimum Gasteiger partial charge on any atom is -0.368 e. The number of nitrogens with zero attached hydrogens (tertiary/aromatic N) is 4. The molecule has 2 aliphatic rings. The van der Waals surface area contributed by atoms with Crippen LogP contribution in [0.2, 0.25) is 0 Å². The Labute approximate surface area is 144 Å². The molecule has 1 aliphatic heterocycles. The van der Waals surface area contributed by atoms with Gasteiger partial charge in [0.25, 0.3) is 0 Å². The summed E-state index contributed by atoms with van der Waals surface area (Å²) >= 11 is 0. The van der Waals surface area contributed by atoms with Crippen molar-refractivity contribution in [2.75, 3.05) is 33.3 Å². The van der Waals surface area contributed by atoms with Crippen LogP contribution in [0.1, 0.15) is 49.0 Å². The molecule has 0 aromatic carbocycles. The molecule has 1 atom stereocenters. The predicted octanol–water partition coefficient (Wildman–Crippen LogP) is 1.87. The number of hydrogen-bond acceptors (Lipinski definition) is 5. The molecule has 2 fully saturated rings. The van der Waals surface area contributed by atoms with E-state index in [0.717, 1.165) is 17.2 Å². The van der Waals surface area contributed by atoms with Crippen LogP contribution in [0.3, 0.4) is 0 Å². The molecule has 1 saturated heterocycles. The number of amides is 1. The third-order valence-corrected chi connectivity index (χ3v) is 5.07. The molecule has 132 valence electrons. The standard InChI is InChI=1S/C18H28N4O2/c1-13-10-16(20-14(2)19-13)17-11-22(8-9-24-17)18(23)12-21(3)15-6-4-5-7-15/h10,15,17H,4-9,11-12H2,1-3H3/t17-/m1/s1. The third kappa shape index (κ3) is 4.11. The number of carbonyl (C=O) groups excluding carboxylic acids is 1. The molecular weight excluding hydrogens is 304 g/mol. The van der Waals surface area contributed by atoms with E-state index in [1.807, 2.05) is 24.8 Å². The van der Waals surface area contributed by atoms with E-state index in [4.69, 9.17) is 4.74 Å². The van der Waals surface area contributed by atoms with Crippen molar-refractivity contribution in [3.05, 3.63) is 23.3 Å². The average molecular weight is 332 g/mol. The molecule has 1 aliphatic carbocycles. The zero-order valence-corrected chi connectivity index (χ0v) is 15.0. The second-order valence-electron chi connectivity index (χ2n) is 7.03. The summed E-state index contributed by atoms with van der Waals surface area (Å²) in [5, 5.41) is 0. The normalized spacial score (nSPS) is 22.3. The van der Waals surface area contributed by atoms with Crippen molar-refractivity contribution in [3.8, 4) is 0 Å². The van der Waals surface area contributed by atoms with Gasteiger partial charge in [0.1, 0.15) is 11.9 Å². The van der Waals surface area contributed by atoms with Crippen molar-refractivity contribution < 1.29 is 9.53 Å². The number of ether oxygens (including phenoxy) is 1. The van der Waals surface area contributed by atoms with Crippen LogP contribution in [-0.4, -0.2) is 65.0 Å². The molecule has 24 heavy (non-hydrogen) atoms. The number of likely N-dealkylation sites (N-methyl/N-ethyl adjacent to an activating group) is 1. The first-order chi connectivity index (χ1) is 11.5. The summed E-state index contributed by atoms with van der Waals surface area (Å²) < 4.78 is 5.86.